The molecule has 6 nitrogen and oxygen atoms in total. The van der Waals surface area contributed by atoms with Gasteiger partial charge < -0.3 is 24.4 Å². The van der Waals surface area contributed by atoms with Crippen molar-refractivity contribution in [1.29, 1.82) is 0 Å². The minimum atomic E-state index is -0.00302. The Balaban J connectivity index is 1.65. The first-order valence-corrected chi connectivity index (χ1v) is 10.5. The third-order valence-electron chi connectivity index (χ3n) is 5.54. The Morgan fingerprint density at radius 3 is 2.20 bits per heavy atom. The Labute approximate surface area is 179 Å². The van der Waals surface area contributed by atoms with Crippen molar-refractivity contribution in [2.24, 2.45) is 0 Å². The molecule has 6 heteroatoms. The smallest absolute Gasteiger partial charge is 0.220 e. The molecule has 1 unspecified atom stereocenters. The van der Waals surface area contributed by atoms with Crippen molar-refractivity contribution in [2.75, 3.05) is 41.0 Å². The molecule has 0 radical (unpaired) electrons. The molecule has 1 saturated heterocycles. The second kappa shape index (κ2) is 10.9. The Morgan fingerprint density at radius 1 is 1.00 bits per heavy atom. The molecule has 1 aliphatic heterocycles. The summed E-state index contributed by atoms with van der Waals surface area (Å²) in [5, 5.41) is 3.24. The lowest BCUT2D eigenvalue weighted by Gasteiger charge is -2.25. The largest absolute Gasteiger partial charge is 0.493 e. The monoisotopic (exact) mass is 412 g/mol. The molecular formula is C24H32N2O4. The molecule has 162 valence electrons. The van der Waals surface area contributed by atoms with Crippen molar-refractivity contribution < 1.29 is 19.0 Å². The molecule has 30 heavy (non-hydrogen) atoms. The fourth-order valence-corrected chi connectivity index (χ4v) is 3.95. The third-order valence-corrected chi connectivity index (χ3v) is 5.54. The average molecular weight is 413 g/mol. The number of ether oxygens (including phenoxy) is 3. The average Bonchev–Trinajstić information content (AvgIpc) is 3.30. The van der Waals surface area contributed by atoms with Gasteiger partial charge in [-0.1, -0.05) is 30.3 Å². The van der Waals surface area contributed by atoms with E-state index < -0.39 is 0 Å². The van der Waals surface area contributed by atoms with Crippen LogP contribution in [0, 0.1) is 0 Å². The quantitative estimate of drug-likeness (QED) is 0.646. The van der Waals surface area contributed by atoms with E-state index in [4.69, 9.17) is 14.2 Å². The molecular weight excluding hydrogens is 380 g/mol. The number of nitrogens with one attached hydrogen (secondary N) is 1. The van der Waals surface area contributed by atoms with Gasteiger partial charge in [0.15, 0.2) is 11.5 Å². The van der Waals surface area contributed by atoms with E-state index in [2.05, 4.69) is 22.3 Å². The summed E-state index contributed by atoms with van der Waals surface area (Å²) in [4.78, 5) is 15.2. The molecule has 1 amide bonds. The van der Waals surface area contributed by atoms with Gasteiger partial charge in [0.1, 0.15) is 0 Å². The molecule has 0 aliphatic carbocycles. The van der Waals surface area contributed by atoms with Crippen LogP contribution in [0.2, 0.25) is 0 Å². The molecule has 0 spiro atoms. The zero-order chi connectivity index (χ0) is 21.3. The second-order valence-electron chi connectivity index (χ2n) is 7.57. The van der Waals surface area contributed by atoms with Crippen molar-refractivity contribution in [3.05, 3.63) is 53.6 Å². The SMILES string of the molecule is COc1cc(CCC(=O)NC(CN2CCCC2)c2ccccc2)cc(OC)c1OC. The van der Waals surface area contributed by atoms with E-state index in [0.717, 1.165) is 30.8 Å². The van der Waals surface area contributed by atoms with Gasteiger partial charge in [-0.15, -0.1) is 0 Å². The first kappa shape index (κ1) is 22.0. The summed E-state index contributed by atoms with van der Waals surface area (Å²) in [5.74, 6) is 1.80. The number of amides is 1. The summed E-state index contributed by atoms with van der Waals surface area (Å²) in [7, 11) is 4.77. The summed E-state index contributed by atoms with van der Waals surface area (Å²) in [6, 6.07) is 14.0. The maximum absolute atomic E-state index is 12.8. The van der Waals surface area contributed by atoms with E-state index in [1.807, 2.05) is 30.3 Å². The van der Waals surface area contributed by atoms with E-state index in [1.165, 1.54) is 12.8 Å². The molecule has 0 aromatic heterocycles. The van der Waals surface area contributed by atoms with Crippen LogP contribution in [0.25, 0.3) is 0 Å². The van der Waals surface area contributed by atoms with Crippen LogP contribution in [-0.2, 0) is 11.2 Å². The number of rotatable bonds is 10. The predicted octanol–water partition coefficient (Wildman–Crippen LogP) is 3.60. The van der Waals surface area contributed by atoms with Crippen LogP contribution in [0.3, 0.4) is 0 Å². The number of likely N-dealkylation sites (tertiary alicyclic amines) is 1. The Kier molecular flexibility index (Phi) is 7.97. The number of hydrogen-bond acceptors (Lipinski definition) is 5. The summed E-state index contributed by atoms with van der Waals surface area (Å²) >= 11 is 0. The summed E-state index contributed by atoms with van der Waals surface area (Å²) < 4.78 is 16.2. The molecule has 1 fully saturated rings. The lowest BCUT2D eigenvalue weighted by atomic mass is 10.0. The van der Waals surface area contributed by atoms with Crippen LogP contribution >= 0.6 is 0 Å². The van der Waals surface area contributed by atoms with E-state index in [0.29, 0.717) is 30.1 Å². The topological polar surface area (TPSA) is 60.0 Å². The third kappa shape index (κ3) is 5.66. The Hall–Kier alpha value is -2.73. The predicted molar refractivity (Wildman–Crippen MR) is 117 cm³/mol. The van der Waals surface area contributed by atoms with Crippen molar-refractivity contribution in [2.45, 2.75) is 31.7 Å². The fraction of sp³-hybridized carbons (Fsp3) is 0.458. The standard InChI is InChI=1S/C24H32N2O4/c1-28-21-15-18(16-22(29-2)24(21)30-3)11-12-23(27)25-20(17-26-13-7-8-14-26)19-9-5-4-6-10-19/h4-6,9-10,15-16,20H,7-8,11-14,17H2,1-3H3,(H,25,27). The molecule has 3 rings (SSSR count). The first-order valence-electron chi connectivity index (χ1n) is 10.5. The number of carbonyl (C=O) groups is 1. The van der Waals surface area contributed by atoms with E-state index >= 15 is 0 Å². The van der Waals surface area contributed by atoms with Gasteiger partial charge in [-0.3, -0.25) is 4.79 Å². The highest BCUT2D eigenvalue weighted by Crippen LogP contribution is 2.38. The van der Waals surface area contributed by atoms with Gasteiger partial charge in [-0.2, -0.15) is 0 Å². The van der Waals surface area contributed by atoms with Gasteiger partial charge in [0.25, 0.3) is 0 Å². The maximum Gasteiger partial charge on any atom is 0.220 e. The minimum Gasteiger partial charge on any atom is -0.493 e. The summed E-state index contributed by atoms with van der Waals surface area (Å²) in [6.07, 6.45) is 3.45. The van der Waals surface area contributed by atoms with Crippen molar-refractivity contribution in [3.63, 3.8) is 0 Å². The van der Waals surface area contributed by atoms with Crippen LogP contribution < -0.4 is 19.5 Å². The van der Waals surface area contributed by atoms with Gasteiger partial charge in [0, 0.05) is 13.0 Å². The van der Waals surface area contributed by atoms with Crippen LogP contribution in [0.4, 0.5) is 0 Å². The highest BCUT2D eigenvalue weighted by atomic mass is 16.5. The second-order valence-corrected chi connectivity index (χ2v) is 7.57. The first-order chi connectivity index (χ1) is 14.6. The van der Waals surface area contributed by atoms with Gasteiger partial charge in [-0.25, -0.2) is 0 Å². The number of aryl methyl sites for hydroxylation is 1. The molecule has 1 heterocycles. The molecule has 1 aliphatic rings. The van der Waals surface area contributed by atoms with E-state index in [1.54, 1.807) is 21.3 Å². The molecule has 2 aromatic carbocycles. The fourth-order valence-electron chi connectivity index (χ4n) is 3.95. The van der Waals surface area contributed by atoms with Crippen molar-refractivity contribution in [3.8, 4) is 17.2 Å². The van der Waals surface area contributed by atoms with Gasteiger partial charge >= 0.3 is 0 Å². The van der Waals surface area contributed by atoms with Crippen LogP contribution in [0.5, 0.6) is 17.2 Å². The number of carbonyl (C=O) groups excluding carboxylic acids is 1. The Bertz CT molecular complexity index is 794. The minimum absolute atomic E-state index is 0.00302. The van der Waals surface area contributed by atoms with E-state index in [9.17, 15) is 4.79 Å². The van der Waals surface area contributed by atoms with Gasteiger partial charge in [0.05, 0.1) is 27.4 Å². The van der Waals surface area contributed by atoms with Gasteiger partial charge in [-0.05, 0) is 55.6 Å². The Morgan fingerprint density at radius 2 is 1.63 bits per heavy atom. The zero-order valence-corrected chi connectivity index (χ0v) is 18.1. The number of benzene rings is 2. The molecule has 2 aromatic rings. The lowest BCUT2D eigenvalue weighted by Crippen LogP contribution is -2.37. The summed E-state index contributed by atoms with van der Waals surface area (Å²) in [6.45, 7) is 3.05. The number of methoxy groups -OCH3 is 3. The molecule has 0 bridgehead atoms. The molecule has 1 atom stereocenters. The van der Waals surface area contributed by atoms with Crippen molar-refractivity contribution >= 4 is 5.91 Å². The maximum atomic E-state index is 12.8. The van der Waals surface area contributed by atoms with Crippen LogP contribution in [0.1, 0.15) is 36.4 Å². The summed E-state index contributed by atoms with van der Waals surface area (Å²) in [5.41, 5.74) is 2.11. The molecule has 1 N–H and O–H groups in total. The van der Waals surface area contributed by atoms with Gasteiger partial charge in [0.2, 0.25) is 11.7 Å². The molecule has 0 saturated carbocycles. The lowest BCUT2D eigenvalue weighted by molar-refractivity contribution is -0.121. The van der Waals surface area contributed by atoms with Crippen LogP contribution in [-0.4, -0.2) is 51.8 Å². The highest BCUT2D eigenvalue weighted by Gasteiger charge is 2.21. The number of hydrogen-bond donors (Lipinski definition) is 1. The van der Waals surface area contributed by atoms with Crippen LogP contribution in [0.15, 0.2) is 42.5 Å². The highest BCUT2D eigenvalue weighted by molar-refractivity contribution is 5.76. The zero-order valence-electron chi connectivity index (χ0n) is 18.1. The van der Waals surface area contributed by atoms with Crippen molar-refractivity contribution in [1.82, 2.24) is 10.2 Å². The van der Waals surface area contributed by atoms with E-state index in [-0.39, 0.29) is 11.9 Å². The number of nitrogens with zero attached hydrogens (tertiary/aromatic N) is 1. The normalized spacial score (nSPS) is 14.9.